The largest absolute Gasteiger partial charge is 0.494 e. The Kier molecular flexibility index (Phi) is 13.9. The van der Waals surface area contributed by atoms with Crippen molar-refractivity contribution in [1.82, 2.24) is 0 Å². The first kappa shape index (κ1) is 38.8. The second-order valence-electron chi connectivity index (χ2n) is 13.5. The van der Waals surface area contributed by atoms with Crippen molar-refractivity contribution >= 4 is 23.9 Å². The van der Waals surface area contributed by atoms with Crippen LogP contribution >= 0.6 is 0 Å². The van der Waals surface area contributed by atoms with Gasteiger partial charge in [-0.25, -0.2) is 14.4 Å². The second kappa shape index (κ2) is 18.9. The van der Waals surface area contributed by atoms with Gasteiger partial charge in [0.15, 0.2) is 0 Å². The van der Waals surface area contributed by atoms with E-state index in [9.17, 15) is 19.2 Å². The third kappa shape index (κ3) is 11.1. The maximum atomic E-state index is 13.1. The molecule has 0 aromatic heterocycles. The van der Waals surface area contributed by atoms with Gasteiger partial charge in [-0.1, -0.05) is 38.6 Å². The molecule has 10 nitrogen and oxygen atoms in total. The summed E-state index contributed by atoms with van der Waals surface area (Å²) in [5.41, 5.74) is 5.23. The molecule has 10 heteroatoms. The van der Waals surface area contributed by atoms with Gasteiger partial charge in [-0.2, -0.15) is 0 Å². The normalized spacial score (nSPS) is 14.6. The molecule has 0 spiro atoms. The lowest BCUT2D eigenvalue weighted by molar-refractivity contribution is -0.151. The van der Waals surface area contributed by atoms with Crippen LogP contribution in [0, 0.1) is 0 Å². The summed E-state index contributed by atoms with van der Waals surface area (Å²) in [6.45, 7) is 12.2. The number of unbranched alkanes of at least 4 members (excludes halogenated alkanes) is 1. The quantitative estimate of drug-likeness (QED) is 0.0415. The highest BCUT2D eigenvalue weighted by Gasteiger charge is 2.27. The minimum Gasteiger partial charge on any atom is -0.494 e. The van der Waals surface area contributed by atoms with Crippen molar-refractivity contribution in [3.8, 4) is 28.4 Å². The lowest BCUT2D eigenvalue weighted by atomic mass is 9.98. The number of hydrogen-bond donors (Lipinski definition) is 0. The molecule has 1 atom stereocenters. The zero-order valence-electron chi connectivity index (χ0n) is 30.6. The van der Waals surface area contributed by atoms with E-state index in [1.54, 1.807) is 37.3 Å². The van der Waals surface area contributed by atoms with Gasteiger partial charge in [0.25, 0.3) is 0 Å². The molecule has 0 bridgehead atoms. The number of carbonyl (C=O) groups excluding carboxylic acids is 4. The summed E-state index contributed by atoms with van der Waals surface area (Å²) in [5, 5.41) is 0. The number of hydrogen-bond acceptors (Lipinski definition) is 10. The third-order valence-corrected chi connectivity index (χ3v) is 9.24. The topological polar surface area (TPSA) is 124 Å². The van der Waals surface area contributed by atoms with Gasteiger partial charge in [-0.15, -0.1) is 0 Å². The van der Waals surface area contributed by atoms with E-state index in [0.29, 0.717) is 55.1 Å². The predicted octanol–water partition coefficient (Wildman–Crippen LogP) is 8.45. The molecule has 1 fully saturated rings. The summed E-state index contributed by atoms with van der Waals surface area (Å²) in [5.74, 6) is -0.0967. The number of rotatable bonds is 18. The molecule has 1 unspecified atom stereocenters. The van der Waals surface area contributed by atoms with E-state index in [4.69, 9.17) is 28.4 Å². The first-order valence-electron chi connectivity index (χ1n) is 18.3. The Bertz CT molecular complexity index is 1800. The molecule has 0 heterocycles. The Morgan fingerprint density at radius 3 is 2.00 bits per heavy atom. The van der Waals surface area contributed by atoms with E-state index in [1.165, 1.54) is 0 Å². The van der Waals surface area contributed by atoms with Crippen LogP contribution in [0.3, 0.4) is 0 Å². The van der Waals surface area contributed by atoms with Gasteiger partial charge in [-0.3, -0.25) is 4.79 Å². The van der Waals surface area contributed by atoms with E-state index in [2.05, 4.69) is 20.1 Å². The second-order valence-corrected chi connectivity index (χ2v) is 13.5. The van der Waals surface area contributed by atoms with Gasteiger partial charge in [-0.05, 0) is 116 Å². The molecule has 3 aromatic rings. The van der Waals surface area contributed by atoms with Crippen molar-refractivity contribution in [2.24, 2.45) is 0 Å². The van der Waals surface area contributed by atoms with Crippen LogP contribution in [0.5, 0.6) is 17.2 Å². The third-order valence-electron chi connectivity index (χ3n) is 9.24. The van der Waals surface area contributed by atoms with Gasteiger partial charge in [0.05, 0.1) is 38.4 Å². The summed E-state index contributed by atoms with van der Waals surface area (Å²) in [4.78, 5) is 49.0. The number of ether oxygens (including phenoxy) is 6. The lowest BCUT2D eigenvalue weighted by Gasteiger charge is -2.21. The van der Waals surface area contributed by atoms with Crippen molar-refractivity contribution in [3.63, 3.8) is 0 Å². The molecule has 0 N–H and O–H groups in total. The Morgan fingerprint density at radius 1 is 0.679 bits per heavy atom. The molecule has 0 aliphatic heterocycles. The molecule has 5 rings (SSSR count). The minimum absolute atomic E-state index is 0.0530. The van der Waals surface area contributed by atoms with E-state index in [-0.39, 0.29) is 37.2 Å². The van der Waals surface area contributed by atoms with Crippen molar-refractivity contribution in [3.05, 3.63) is 102 Å². The molecular formula is C43H48O10. The van der Waals surface area contributed by atoms with Gasteiger partial charge in [0.1, 0.15) is 23.4 Å². The summed E-state index contributed by atoms with van der Waals surface area (Å²) in [7, 11) is 0. The van der Waals surface area contributed by atoms with Gasteiger partial charge < -0.3 is 28.4 Å². The molecule has 0 saturated heterocycles. The van der Waals surface area contributed by atoms with Crippen LogP contribution in [0.1, 0.15) is 99.0 Å². The molecule has 2 aliphatic carbocycles. The maximum absolute atomic E-state index is 13.1. The maximum Gasteiger partial charge on any atom is 0.343 e. The summed E-state index contributed by atoms with van der Waals surface area (Å²) < 4.78 is 33.2. The van der Waals surface area contributed by atoms with E-state index >= 15 is 0 Å². The van der Waals surface area contributed by atoms with Crippen LogP contribution in [0.15, 0.2) is 85.0 Å². The Labute approximate surface area is 311 Å². The molecule has 53 heavy (non-hydrogen) atoms. The van der Waals surface area contributed by atoms with Crippen molar-refractivity contribution < 1.29 is 47.6 Å². The molecular weight excluding hydrogens is 676 g/mol. The van der Waals surface area contributed by atoms with Crippen LogP contribution in [0.25, 0.3) is 11.1 Å². The average molecular weight is 725 g/mol. The van der Waals surface area contributed by atoms with Crippen LogP contribution in [-0.2, 0) is 28.6 Å². The van der Waals surface area contributed by atoms with Crippen LogP contribution in [0.2, 0.25) is 0 Å². The van der Waals surface area contributed by atoms with Crippen LogP contribution < -0.4 is 14.2 Å². The van der Waals surface area contributed by atoms with Crippen molar-refractivity contribution in [2.75, 3.05) is 26.4 Å². The zero-order valence-corrected chi connectivity index (χ0v) is 30.6. The highest BCUT2D eigenvalue weighted by Crippen LogP contribution is 2.46. The highest BCUT2D eigenvalue weighted by molar-refractivity contribution is 5.94. The van der Waals surface area contributed by atoms with Crippen molar-refractivity contribution in [2.45, 2.75) is 83.7 Å². The standard InChI is InChI=1S/C43H48O10/c1-28(2)41(45)50-24-10-23-49-35-18-20-37-36-19-13-31(26-38(36)30(4)39(37)27-35)43(47)53-34-16-14-32(15-17-34)48-21-8-9-22-51-42(46)29(3)25-40(44)52-33-11-6-5-7-12-33/h13-20,26-27,30,33H,1,3,5-12,21-25H2,2,4H3. The van der Waals surface area contributed by atoms with E-state index < -0.39 is 23.9 Å². The Hall–Kier alpha value is -5.38. The van der Waals surface area contributed by atoms with Gasteiger partial charge >= 0.3 is 23.9 Å². The molecule has 2 aliphatic rings. The van der Waals surface area contributed by atoms with Crippen LogP contribution in [0.4, 0.5) is 0 Å². The predicted molar refractivity (Wildman–Crippen MR) is 199 cm³/mol. The number of esters is 4. The van der Waals surface area contributed by atoms with E-state index in [0.717, 1.165) is 60.1 Å². The molecule has 280 valence electrons. The zero-order chi connectivity index (χ0) is 37.7. The van der Waals surface area contributed by atoms with Gasteiger partial charge in [0, 0.05) is 23.5 Å². The Balaban J connectivity index is 1.00. The lowest BCUT2D eigenvalue weighted by Crippen LogP contribution is -2.22. The van der Waals surface area contributed by atoms with Crippen molar-refractivity contribution in [1.29, 1.82) is 0 Å². The number of carbonyl (C=O) groups is 4. The van der Waals surface area contributed by atoms with Gasteiger partial charge in [0.2, 0.25) is 0 Å². The fourth-order valence-corrected chi connectivity index (χ4v) is 6.32. The minimum atomic E-state index is -0.592. The number of fused-ring (bicyclic) bond motifs is 3. The first-order chi connectivity index (χ1) is 25.6. The molecule has 0 radical (unpaired) electrons. The average Bonchev–Trinajstić information content (AvgIpc) is 3.43. The van der Waals surface area contributed by atoms with Crippen LogP contribution in [-0.4, -0.2) is 56.4 Å². The fraction of sp³-hybridized carbons (Fsp3) is 0.395. The molecule has 1 saturated carbocycles. The molecule has 0 amide bonds. The molecule has 3 aromatic carbocycles. The van der Waals surface area contributed by atoms with E-state index in [1.807, 2.05) is 30.3 Å². The monoisotopic (exact) mass is 724 g/mol. The SMILES string of the molecule is C=C(C)C(=O)OCCCOc1ccc2c(c1)C(C)c1cc(C(=O)Oc3ccc(OCCCCOC(=O)C(=C)CC(=O)OC4CCCCC4)cc3)ccc1-2. The smallest absolute Gasteiger partial charge is 0.343 e. The summed E-state index contributed by atoms with van der Waals surface area (Å²) in [6, 6.07) is 18.4. The summed E-state index contributed by atoms with van der Waals surface area (Å²) >= 11 is 0. The summed E-state index contributed by atoms with van der Waals surface area (Å²) in [6.07, 6.45) is 6.58. The Morgan fingerprint density at radius 2 is 1.26 bits per heavy atom. The highest BCUT2D eigenvalue weighted by atomic mass is 16.6. The first-order valence-corrected chi connectivity index (χ1v) is 18.3. The number of benzene rings is 3. The fourth-order valence-electron chi connectivity index (χ4n) is 6.32.